The topological polar surface area (TPSA) is 61.6 Å². The summed E-state index contributed by atoms with van der Waals surface area (Å²) in [6.45, 7) is 2.15. The van der Waals surface area contributed by atoms with E-state index in [0.29, 0.717) is 17.1 Å². The molecule has 0 aliphatic carbocycles. The molecule has 110 valence electrons. The third kappa shape index (κ3) is 3.64. The van der Waals surface area contributed by atoms with E-state index in [2.05, 4.69) is 0 Å². The van der Waals surface area contributed by atoms with E-state index in [0.717, 1.165) is 5.56 Å². The molecule has 0 aromatic heterocycles. The molecule has 0 aliphatic heterocycles. The summed E-state index contributed by atoms with van der Waals surface area (Å²) in [4.78, 5) is 10.3. The maximum atomic E-state index is 10.8. The number of nitro benzene ring substituents is 1. The Morgan fingerprint density at radius 1 is 1.19 bits per heavy atom. The minimum absolute atomic E-state index is 0.108. The van der Waals surface area contributed by atoms with Crippen LogP contribution in [0, 0.1) is 17.0 Å². The molecule has 0 heterocycles. The van der Waals surface area contributed by atoms with Crippen molar-refractivity contribution >= 4 is 17.3 Å². The van der Waals surface area contributed by atoms with E-state index in [-0.39, 0.29) is 17.3 Å². The maximum Gasteiger partial charge on any atom is 0.288 e. The van der Waals surface area contributed by atoms with Gasteiger partial charge in [-0.05, 0) is 36.2 Å². The highest BCUT2D eigenvalue weighted by molar-refractivity contribution is 6.32. The number of rotatable bonds is 5. The molecule has 6 heteroatoms. The van der Waals surface area contributed by atoms with Crippen molar-refractivity contribution in [2.24, 2.45) is 0 Å². The minimum Gasteiger partial charge on any atom is -0.493 e. The van der Waals surface area contributed by atoms with Crippen molar-refractivity contribution in [2.45, 2.75) is 13.5 Å². The zero-order valence-electron chi connectivity index (χ0n) is 11.6. The van der Waals surface area contributed by atoms with E-state index in [4.69, 9.17) is 21.1 Å². The Balaban J connectivity index is 2.17. The van der Waals surface area contributed by atoms with Crippen LogP contribution in [0.25, 0.3) is 0 Å². The first-order chi connectivity index (χ1) is 10.0. The number of halogens is 1. The summed E-state index contributed by atoms with van der Waals surface area (Å²) in [7, 11) is 1.56. The second-order valence-corrected chi connectivity index (χ2v) is 4.89. The van der Waals surface area contributed by atoms with Gasteiger partial charge in [-0.3, -0.25) is 10.1 Å². The molecule has 0 N–H and O–H groups in total. The van der Waals surface area contributed by atoms with Crippen LogP contribution in [0.4, 0.5) is 5.69 Å². The Morgan fingerprint density at radius 2 is 1.95 bits per heavy atom. The fourth-order valence-corrected chi connectivity index (χ4v) is 2.03. The number of methoxy groups -OCH3 is 1. The highest BCUT2D eigenvalue weighted by Gasteiger charge is 2.13. The highest BCUT2D eigenvalue weighted by Crippen LogP contribution is 2.30. The highest BCUT2D eigenvalue weighted by atomic mass is 35.5. The Morgan fingerprint density at radius 3 is 2.62 bits per heavy atom. The standard InChI is InChI=1S/C15H14ClNO4/c1-10-3-6-14(15(7-10)20-2)21-9-11-4-5-12(16)13(8-11)17(18)19/h3-8H,9H2,1-2H3. The molecule has 2 rings (SSSR count). The molecule has 0 saturated carbocycles. The molecule has 0 fully saturated rings. The second kappa shape index (κ2) is 6.45. The van der Waals surface area contributed by atoms with E-state index in [9.17, 15) is 10.1 Å². The van der Waals surface area contributed by atoms with Crippen LogP contribution in [-0.2, 0) is 6.61 Å². The Bertz CT molecular complexity index is 673. The number of hydrogen-bond acceptors (Lipinski definition) is 4. The number of hydrogen-bond donors (Lipinski definition) is 0. The summed E-state index contributed by atoms with van der Waals surface area (Å²) in [5, 5.41) is 11.0. The number of nitrogens with zero attached hydrogens (tertiary/aromatic N) is 1. The summed E-state index contributed by atoms with van der Waals surface area (Å²) in [5.74, 6) is 1.21. The van der Waals surface area contributed by atoms with Gasteiger partial charge in [0.05, 0.1) is 12.0 Å². The average Bonchev–Trinajstić information content (AvgIpc) is 2.46. The molecule has 0 aliphatic rings. The van der Waals surface area contributed by atoms with Gasteiger partial charge in [-0.15, -0.1) is 0 Å². The van der Waals surface area contributed by atoms with Crippen molar-refractivity contribution in [3.63, 3.8) is 0 Å². The third-order valence-electron chi connectivity index (χ3n) is 2.92. The molecule has 0 spiro atoms. The van der Waals surface area contributed by atoms with E-state index in [1.54, 1.807) is 19.2 Å². The van der Waals surface area contributed by atoms with Gasteiger partial charge in [0, 0.05) is 6.07 Å². The molecule has 0 atom stereocenters. The Hall–Kier alpha value is -2.27. The molecular formula is C15H14ClNO4. The quantitative estimate of drug-likeness (QED) is 0.615. The second-order valence-electron chi connectivity index (χ2n) is 4.49. The molecule has 0 unspecified atom stereocenters. The molecule has 0 radical (unpaired) electrons. The van der Waals surface area contributed by atoms with Crippen LogP contribution in [0.2, 0.25) is 5.02 Å². The Labute approximate surface area is 127 Å². The van der Waals surface area contributed by atoms with Gasteiger partial charge in [-0.1, -0.05) is 23.7 Å². The van der Waals surface area contributed by atoms with Crippen molar-refractivity contribution in [1.29, 1.82) is 0 Å². The van der Waals surface area contributed by atoms with Crippen LogP contribution in [0.1, 0.15) is 11.1 Å². The largest absolute Gasteiger partial charge is 0.493 e. The van der Waals surface area contributed by atoms with Gasteiger partial charge in [0.1, 0.15) is 11.6 Å². The molecule has 0 bridgehead atoms. The van der Waals surface area contributed by atoms with E-state index in [1.807, 2.05) is 19.1 Å². The lowest BCUT2D eigenvalue weighted by molar-refractivity contribution is -0.384. The van der Waals surface area contributed by atoms with Crippen molar-refractivity contribution in [3.05, 3.63) is 62.7 Å². The molecule has 5 nitrogen and oxygen atoms in total. The summed E-state index contributed by atoms with van der Waals surface area (Å²) >= 11 is 5.77. The molecular weight excluding hydrogens is 294 g/mol. The SMILES string of the molecule is COc1cc(C)ccc1OCc1ccc(Cl)c([N+](=O)[O-])c1. The predicted molar refractivity (Wildman–Crippen MR) is 80.2 cm³/mol. The molecule has 2 aromatic rings. The fourth-order valence-electron chi connectivity index (χ4n) is 1.84. The van der Waals surface area contributed by atoms with E-state index >= 15 is 0 Å². The number of aryl methyl sites for hydroxylation is 1. The van der Waals surface area contributed by atoms with Crippen LogP contribution in [-0.4, -0.2) is 12.0 Å². The van der Waals surface area contributed by atoms with Crippen LogP contribution in [0.3, 0.4) is 0 Å². The van der Waals surface area contributed by atoms with Gasteiger partial charge >= 0.3 is 0 Å². The summed E-state index contributed by atoms with van der Waals surface area (Å²) in [6, 6.07) is 10.2. The fraction of sp³-hybridized carbons (Fsp3) is 0.200. The van der Waals surface area contributed by atoms with Crippen molar-refractivity contribution in [2.75, 3.05) is 7.11 Å². The van der Waals surface area contributed by atoms with Crippen LogP contribution in [0.15, 0.2) is 36.4 Å². The zero-order valence-corrected chi connectivity index (χ0v) is 12.4. The van der Waals surface area contributed by atoms with Gasteiger partial charge < -0.3 is 9.47 Å². The molecule has 0 saturated heterocycles. The van der Waals surface area contributed by atoms with Crippen LogP contribution in [0.5, 0.6) is 11.5 Å². The monoisotopic (exact) mass is 307 g/mol. The smallest absolute Gasteiger partial charge is 0.288 e. The predicted octanol–water partition coefficient (Wildman–Crippen LogP) is 4.14. The van der Waals surface area contributed by atoms with Gasteiger partial charge in [0.15, 0.2) is 11.5 Å². The lowest BCUT2D eigenvalue weighted by Crippen LogP contribution is -1.99. The van der Waals surface area contributed by atoms with Gasteiger partial charge in [0.2, 0.25) is 0 Å². The first-order valence-corrected chi connectivity index (χ1v) is 6.59. The van der Waals surface area contributed by atoms with Crippen molar-refractivity contribution < 1.29 is 14.4 Å². The number of nitro groups is 1. The number of ether oxygens (including phenoxy) is 2. The summed E-state index contributed by atoms with van der Waals surface area (Å²) in [5.41, 5.74) is 1.59. The first kappa shape index (κ1) is 15.1. The van der Waals surface area contributed by atoms with Crippen molar-refractivity contribution in [1.82, 2.24) is 0 Å². The molecule has 21 heavy (non-hydrogen) atoms. The van der Waals surface area contributed by atoms with Crippen LogP contribution >= 0.6 is 11.6 Å². The van der Waals surface area contributed by atoms with Gasteiger partial charge in [-0.25, -0.2) is 0 Å². The number of benzene rings is 2. The van der Waals surface area contributed by atoms with E-state index in [1.165, 1.54) is 12.1 Å². The lowest BCUT2D eigenvalue weighted by Gasteiger charge is -2.11. The van der Waals surface area contributed by atoms with Crippen LogP contribution < -0.4 is 9.47 Å². The lowest BCUT2D eigenvalue weighted by atomic mass is 10.2. The third-order valence-corrected chi connectivity index (χ3v) is 3.24. The zero-order chi connectivity index (χ0) is 15.4. The summed E-state index contributed by atoms with van der Waals surface area (Å²) < 4.78 is 10.9. The van der Waals surface area contributed by atoms with Gasteiger partial charge in [0.25, 0.3) is 5.69 Å². The average molecular weight is 308 g/mol. The summed E-state index contributed by atoms with van der Waals surface area (Å²) in [6.07, 6.45) is 0. The van der Waals surface area contributed by atoms with Crippen molar-refractivity contribution in [3.8, 4) is 11.5 Å². The first-order valence-electron chi connectivity index (χ1n) is 6.21. The van der Waals surface area contributed by atoms with E-state index < -0.39 is 4.92 Å². The molecule has 0 amide bonds. The molecule has 2 aromatic carbocycles. The van der Waals surface area contributed by atoms with Gasteiger partial charge in [-0.2, -0.15) is 0 Å². The minimum atomic E-state index is -0.516. The maximum absolute atomic E-state index is 10.8. The Kier molecular flexibility index (Phi) is 4.65. The normalized spacial score (nSPS) is 10.2.